The number of aromatic nitrogens is 1. The van der Waals surface area contributed by atoms with Crippen LogP contribution in [0.2, 0.25) is 0 Å². The fourth-order valence-electron chi connectivity index (χ4n) is 2.73. The van der Waals surface area contributed by atoms with Gasteiger partial charge in [0.15, 0.2) is 0 Å². The summed E-state index contributed by atoms with van der Waals surface area (Å²) in [5.74, 6) is 0.773. The number of ether oxygens (including phenoxy) is 1. The molecule has 0 fully saturated rings. The predicted octanol–water partition coefficient (Wildman–Crippen LogP) is 5.39. The first-order valence-corrected chi connectivity index (χ1v) is 10.5. The summed E-state index contributed by atoms with van der Waals surface area (Å²) < 4.78 is 6.70. The van der Waals surface area contributed by atoms with Crippen molar-refractivity contribution in [3.8, 4) is 16.3 Å². The summed E-state index contributed by atoms with van der Waals surface area (Å²) in [4.78, 5) is 17.0. The molecule has 1 atom stereocenters. The maximum absolute atomic E-state index is 12.4. The summed E-state index contributed by atoms with van der Waals surface area (Å²) in [5.41, 5.74) is 2.79. The van der Waals surface area contributed by atoms with Crippen LogP contribution < -0.4 is 10.1 Å². The highest BCUT2D eigenvalue weighted by Gasteiger charge is 2.14. The van der Waals surface area contributed by atoms with Crippen LogP contribution in [-0.4, -0.2) is 17.5 Å². The van der Waals surface area contributed by atoms with Gasteiger partial charge in [0, 0.05) is 9.85 Å². The first-order valence-electron chi connectivity index (χ1n) is 8.78. The number of nitrogens with one attached hydrogen (secondary N) is 1. The van der Waals surface area contributed by atoms with Crippen LogP contribution in [0, 0.1) is 0 Å². The minimum Gasteiger partial charge on any atom is -0.493 e. The SMILES string of the molecule is CCOc1ccccc1-c1nc(CC(=O)NC(C)c2ccc(Br)cc2)cs1. The lowest BCUT2D eigenvalue weighted by molar-refractivity contribution is -0.121. The van der Waals surface area contributed by atoms with Crippen molar-refractivity contribution >= 4 is 33.2 Å². The number of carbonyl (C=O) groups excluding carboxylic acids is 1. The van der Waals surface area contributed by atoms with E-state index in [9.17, 15) is 4.79 Å². The van der Waals surface area contributed by atoms with Crippen molar-refractivity contribution < 1.29 is 9.53 Å². The average molecular weight is 445 g/mol. The number of hydrogen-bond donors (Lipinski definition) is 1. The maximum atomic E-state index is 12.4. The Bertz CT molecular complexity index is 909. The zero-order valence-electron chi connectivity index (χ0n) is 15.2. The normalized spacial score (nSPS) is 11.8. The molecule has 0 radical (unpaired) electrons. The molecule has 1 N–H and O–H groups in total. The molecule has 0 aliphatic heterocycles. The van der Waals surface area contributed by atoms with E-state index in [0.717, 1.165) is 32.1 Å². The Hall–Kier alpha value is -2.18. The Labute approximate surface area is 171 Å². The van der Waals surface area contributed by atoms with Crippen LogP contribution in [-0.2, 0) is 11.2 Å². The number of rotatable bonds is 7. The number of halogens is 1. The van der Waals surface area contributed by atoms with Gasteiger partial charge in [0.05, 0.1) is 30.3 Å². The second-order valence-corrected chi connectivity index (χ2v) is 7.86. The summed E-state index contributed by atoms with van der Waals surface area (Å²) in [5, 5.41) is 5.83. The molecule has 27 heavy (non-hydrogen) atoms. The van der Waals surface area contributed by atoms with Gasteiger partial charge in [0.25, 0.3) is 0 Å². The van der Waals surface area contributed by atoms with Crippen molar-refractivity contribution in [2.75, 3.05) is 6.61 Å². The molecule has 1 heterocycles. The second kappa shape index (κ2) is 9.15. The van der Waals surface area contributed by atoms with E-state index in [1.165, 1.54) is 11.3 Å². The van der Waals surface area contributed by atoms with Gasteiger partial charge in [-0.15, -0.1) is 11.3 Å². The van der Waals surface area contributed by atoms with Crippen LogP contribution in [0.3, 0.4) is 0 Å². The van der Waals surface area contributed by atoms with Gasteiger partial charge in [-0.25, -0.2) is 4.98 Å². The van der Waals surface area contributed by atoms with E-state index < -0.39 is 0 Å². The van der Waals surface area contributed by atoms with E-state index in [0.29, 0.717) is 6.61 Å². The molecule has 0 aliphatic rings. The zero-order valence-corrected chi connectivity index (χ0v) is 17.6. The van der Waals surface area contributed by atoms with Crippen molar-refractivity contribution in [2.45, 2.75) is 26.3 Å². The summed E-state index contributed by atoms with van der Waals surface area (Å²) in [7, 11) is 0. The predicted molar refractivity (Wildman–Crippen MR) is 113 cm³/mol. The van der Waals surface area contributed by atoms with E-state index in [1.807, 2.05) is 67.8 Å². The molecule has 0 spiro atoms. The molecule has 3 rings (SSSR count). The number of thiazole rings is 1. The molecule has 1 amide bonds. The monoisotopic (exact) mass is 444 g/mol. The lowest BCUT2D eigenvalue weighted by atomic mass is 10.1. The number of carbonyl (C=O) groups is 1. The molecule has 0 saturated heterocycles. The largest absolute Gasteiger partial charge is 0.493 e. The molecule has 2 aromatic carbocycles. The van der Waals surface area contributed by atoms with Gasteiger partial charge in [0.2, 0.25) is 5.91 Å². The van der Waals surface area contributed by atoms with Crippen LogP contribution in [0.5, 0.6) is 5.75 Å². The fourth-order valence-corrected chi connectivity index (χ4v) is 3.84. The molecule has 0 aliphatic carbocycles. The van der Waals surface area contributed by atoms with Crippen LogP contribution in [0.25, 0.3) is 10.6 Å². The number of benzene rings is 2. The molecule has 3 aromatic rings. The molecule has 4 nitrogen and oxygen atoms in total. The molecular formula is C21H21BrN2O2S. The second-order valence-electron chi connectivity index (χ2n) is 6.09. The third-order valence-electron chi connectivity index (χ3n) is 4.06. The van der Waals surface area contributed by atoms with Crippen molar-refractivity contribution in [2.24, 2.45) is 0 Å². The van der Waals surface area contributed by atoms with Crippen molar-refractivity contribution in [1.29, 1.82) is 0 Å². The number of nitrogens with zero attached hydrogens (tertiary/aromatic N) is 1. The smallest absolute Gasteiger partial charge is 0.226 e. The minimum absolute atomic E-state index is 0.0413. The van der Waals surface area contributed by atoms with E-state index >= 15 is 0 Å². The van der Waals surface area contributed by atoms with Gasteiger partial charge in [-0.3, -0.25) is 4.79 Å². The topological polar surface area (TPSA) is 51.2 Å². The molecular weight excluding hydrogens is 424 g/mol. The first kappa shape index (κ1) is 19.6. The molecule has 1 aromatic heterocycles. The van der Waals surface area contributed by atoms with E-state index in [1.54, 1.807) is 0 Å². The summed E-state index contributed by atoms with van der Waals surface area (Å²) >= 11 is 4.95. The third kappa shape index (κ3) is 5.17. The standard InChI is InChI=1S/C21H21BrN2O2S/c1-3-26-19-7-5-4-6-18(19)21-24-17(13-27-21)12-20(25)23-14(2)15-8-10-16(22)11-9-15/h4-11,13-14H,3,12H2,1-2H3,(H,23,25). The highest BCUT2D eigenvalue weighted by Crippen LogP contribution is 2.32. The van der Waals surface area contributed by atoms with Crippen molar-refractivity contribution in [1.82, 2.24) is 10.3 Å². The highest BCUT2D eigenvalue weighted by molar-refractivity contribution is 9.10. The third-order valence-corrected chi connectivity index (χ3v) is 5.51. The van der Waals surface area contributed by atoms with Crippen LogP contribution in [0.4, 0.5) is 0 Å². The Kier molecular flexibility index (Phi) is 6.63. The van der Waals surface area contributed by atoms with Gasteiger partial charge >= 0.3 is 0 Å². The average Bonchev–Trinajstić information content (AvgIpc) is 3.11. The molecule has 6 heteroatoms. The fraction of sp³-hybridized carbons (Fsp3) is 0.238. The van der Waals surface area contributed by atoms with E-state index in [4.69, 9.17) is 4.74 Å². The molecule has 0 bridgehead atoms. The lowest BCUT2D eigenvalue weighted by Crippen LogP contribution is -2.28. The zero-order chi connectivity index (χ0) is 19.2. The minimum atomic E-state index is -0.0533. The van der Waals surface area contributed by atoms with Gasteiger partial charge in [-0.2, -0.15) is 0 Å². The maximum Gasteiger partial charge on any atom is 0.226 e. The number of hydrogen-bond acceptors (Lipinski definition) is 4. The Morgan fingerprint density at radius 3 is 2.70 bits per heavy atom. The van der Waals surface area contributed by atoms with Gasteiger partial charge in [0.1, 0.15) is 10.8 Å². The van der Waals surface area contributed by atoms with Gasteiger partial charge < -0.3 is 10.1 Å². The number of amides is 1. The lowest BCUT2D eigenvalue weighted by Gasteiger charge is -2.14. The summed E-state index contributed by atoms with van der Waals surface area (Å²) in [6.07, 6.45) is 0.258. The Balaban J connectivity index is 1.65. The van der Waals surface area contributed by atoms with Crippen molar-refractivity contribution in [3.05, 3.63) is 69.6 Å². The highest BCUT2D eigenvalue weighted by atomic mass is 79.9. The molecule has 140 valence electrons. The van der Waals surface area contributed by atoms with Crippen LogP contribution in [0.1, 0.15) is 31.1 Å². The van der Waals surface area contributed by atoms with Gasteiger partial charge in [-0.05, 0) is 43.7 Å². The first-order chi connectivity index (χ1) is 13.1. The van der Waals surface area contributed by atoms with E-state index in [-0.39, 0.29) is 18.4 Å². The quantitative estimate of drug-likeness (QED) is 0.531. The summed E-state index contributed by atoms with van der Waals surface area (Å²) in [6.45, 7) is 4.54. The van der Waals surface area contributed by atoms with Crippen LogP contribution in [0.15, 0.2) is 58.4 Å². The van der Waals surface area contributed by atoms with Crippen molar-refractivity contribution in [3.63, 3.8) is 0 Å². The molecule has 1 unspecified atom stereocenters. The summed E-state index contributed by atoms with van der Waals surface area (Å²) in [6, 6.07) is 15.7. The Morgan fingerprint density at radius 2 is 1.96 bits per heavy atom. The number of para-hydroxylation sites is 1. The van der Waals surface area contributed by atoms with Crippen LogP contribution >= 0.6 is 27.3 Å². The Morgan fingerprint density at radius 1 is 1.22 bits per heavy atom. The molecule has 0 saturated carbocycles. The van der Waals surface area contributed by atoms with E-state index in [2.05, 4.69) is 26.2 Å². The van der Waals surface area contributed by atoms with Gasteiger partial charge in [-0.1, -0.05) is 40.2 Å².